The van der Waals surface area contributed by atoms with E-state index in [-0.39, 0.29) is 43.8 Å². The smallest absolute Gasteiger partial charge is 0.243 e. The largest absolute Gasteiger partial charge is 0.495 e. The number of benzene rings is 2. The number of rotatable bonds is 13. The van der Waals surface area contributed by atoms with Gasteiger partial charge >= 0.3 is 0 Å². The minimum absolute atomic E-state index is 0.0357. The number of anilines is 1. The van der Waals surface area contributed by atoms with Crippen LogP contribution in [0, 0.1) is 0 Å². The van der Waals surface area contributed by atoms with E-state index in [0.29, 0.717) is 27.9 Å². The Morgan fingerprint density at radius 2 is 1.76 bits per heavy atom. The molecule has 0 radical (unpaired) electrons. The lowest BCUT2D eigenvalue weighted by Gasteiger charge is -2.31. The summed E-state index contributed by atoms with van der Waals surface area (Å²) >= 11 is 12.2. The van der Waals surface area contributed by atoms with E-state index in [0.717, 1.165) is 11.8 Å². The number of hydrogen-bond acceptors (Lipinski definition) is 5. The summed E-state index contributed by atoms with van der Waals surface area (Å²) in [7, 11) is -2.17. The second-order valence-electron chi connectivity index (χ2n) is 8.97. The monoisotopic (exact) mass is 571 g/mol. The maximum atomic E-state index is 13.5. The third-order valence-electron chi connectivity index (χ3n) is 5.66. The Hall–Kier alpha value is -2.49. The zero-order valence-corrected chi connectivity index (χ0v) is 24.2. The minimum atomic E-state index is -3.64. The van der Waals surface area contributed by atoms with Crippen LogP contribution in [0.25, 0.3) is 0 Å². The predicted molar refractivity (Wildman–Crippen MR) is 149 cm³/mol. The van der Waals surface area contributed by atoms with Gasteiger partial charge in [-0.05, 0) is 56.5 Å². The van der Waals surface area contributed by atoms with Crippen LogP contribution in [0.5, 0.6) is 5.75 Å². The molecule has 204 valence electrons. The summed E-state index contributed by atoms with van der Waals surface area (Å²) < 4.78 is 31.7. The van der Waals surface area contributed by atoms with Crippen LogP contribution in [0.15, 0.2) is 42.5 Å². The molecular formula is C26H35Cl2N3O5S. The fraction of sp³-hybridized carbons (Fsp3) is 0.462. The fourth-order valence-corrected chi connectivity index (χ4v) is 5.24. The van der Waals surface area contributed by atoms with Crippen LogP contribution in [0.4, 0.5) is 5.69 Å². The van der Waals surface area contributed by atoms with E-state index >= 15 is 0 Å². The van der Waals surface area contributed by atoms with E-state index in [4.69, 9.17) is 27.9 Å². The van der Waals surface area contributed by atoms with E-state index in [1.54, 1.807) is 42.5 Å². The highest BCUT2D eigenvalue weighted by molar-refractivity contribution is 7.92. The van der Waals surface area contributed by atoms with Gasteiger partial charge in [-0.25, -0.2) is 8.42 Å². The Morgan fingerprint density at radius 3 is 2.32 bits per heavy atom. The molecule has 0 bridgehead atoms. The molecule has 1 unspecified atom stereocenters. The van der Waals surface area contributed by atoms with Crippen molar-refractivity contribution >= 4 is 50.7 Å². The van der Waals surface area contributed by atoms with Crippen molar-refractivity contribution in [2.24, 2.45) is 0 Å². The zero-order chi connectivity index (χ0) is 27.8. The summed E-state index contributed by atoms with van der Waals surface area (Å²) in [6.45, 7) is 5.77. The third-order valence-corrected chi connectivity index (χ3v) is 7.58. The first-order valence-corrected chi connectivity index (χ1v) is 14.6. The number of nitrogens with zero attached hydrogens (tertiary/aromatic N) is 2. The van der Waals surface area contributed by atoms with Gasteiger partial charge in [-0.15, -0.1) is 0 Å². The van der Waals surface area contributed by atoms with Crippen molar-refractivity contribution < 1.29 is 22.7 Å². The Labute approximate surface area is 229 Å². The number of hydrogen-bond donors (Lipinski definition) is 1. The summed E-state index contributed by atoms with van der Waals surface area (Å²) in [5.41, 5.74) is 1.13. The fourth-order valence-electron chi connectivity index (χ4n) is 3.95. The molecule has 0 heterocycles. The molecule has 2 rings (SSSR count). The van der Waals surface area contributed by atoms with Crippen LogP contribution in [-0.2, 0) is 26.2 Å². The summed E-state index contributed by atoms with van der Waals surface area (Å²) in [5, 5.41) is 3.63. The molecule has 0 spiro atoms. The second kappa shape index (κ2) is 13.9. The molecule has 0 aromatic heterocycles. The molecule has 37 heavy (non-hydrogen) atoms. The average Bonchev–Trinajstić information content (AvgIpc) is 2.82. The number of ether oxygens (including phenoxy) is 1. The molecule has 2 amide bonds. The van der Waals surface area contributed by atoms with Crippen LogP contribution >= 0.6 is 23.2 Å². The van der Waals surface area contributed by atoms with Crippen LogP contribution in [0.2, 0.25) is 10.0 Å². The molecule has 1 N–H and O–H groups in total. The first-order chi connectivity index (χ1) is 17.4. The van der Waals surface area contributed by atoms with Crippen molar-refractivity contribution in [3.05, 3.63) is 58.1 Å². The molecule has 0 saturated carbocycles. The topological polar surface area (TPSA) is 96.0 Å². The van der Waals surface area contributed by atoms with Crippen LogP contribution in [-0.4, -0.2) is 57.1 Å². The van der Waals surface area contributed by atoms with Crippen molar-refractivity contribution in [1.29, 1.82) is 0 Å². The molecule has 2 aromatic rings. The van der Waals surface area contributed by atoms with Crippen molar-refractivity contribution in [2.75, 3.05) is 24.2 Å². The summed E-state index contributed by atoms with van der Waals surface area (Å²) in [4.78, 5) is 28.0. The maximum absolute atomic E-state index is 13.5. The molecule has 0 aliphatic heterocycles. The molecule has 0 saturated heterocycles. The minimum Gasteiger partial charge on any atom is -0.495 e. The molecule has 0 fully saturated rings. The molecule has 11 heteroatoms. The Balaban J connectivity index is 2.27. The van der Waals surface area contributed by atoms with Crippen LogP contribution in [0.1, 0.15) is 45.6 Å². The van der Waals surface area contributed by atoms with Gasteiger partial charge in [-0.2, -0.15) is 0 Å². The molecule has 1 atom stereocenters. The lowest BCUT2D eigenvalue weighted by molar-refractivity contribution is -0.141. The lowest BCUT2D eigenvalue weighted by atomic mass is 10.1. The van der Waals surface area contributed by atoms with E-state index in [9.17, 15) is 18.0 Å². The highest BCUT2D eigenvalue weighted by atomic mass is 35.5. The van der Waals surface area contributed by atoms with Crippen LogP contribution in [0.3, 0.4) is 0 Å². The molecule has 8 nitrogen and oxygen atoms in total. The van der Waals surface area contributed by atoms with Gasteiger partial charge in [-0.3, -0.25) is 13.9 Å². The Kier molecular flexibility index (Phi) is 11.5. The predicted octanol–water partition coefficient (Wildman–Crippen LogP) is 4.88. The standard InChI is InChI=1S/C26H35Cl2N3O5S/c1-6-22(26(33)29-18(2)3)30(17-19-13-14-20(27)21(28)16-19)25(32)12-9-15-31(37(5,34)35)23-10-7-8-11-24(23)36-4/h7-8,10-11,13-14,16,18,22H,6,9,12,15,17H2,1-5H3,(H,29,33). The molecular weight excluding hydrogens is 537 g/mol. The lowest BCUT2D eigenvalue weighted by Crippen LogP contribution is -2.50. The van der Waals surface area contributed by atoms with E-state index in [1.165, 1.54) is 16.3 Å². The molecule has 0 aliphatic rings. The normalized spacial score (nSPS) is 12.2. The van der Waals surface area contributed by atoms with Gasteiger partial charge in [0.15, 0.2) is 0 Å². The number of carbonyl (C=O) groups is 2. The number of para-hydroxylation sites is 2. The number of nitrogens with one attached hydrogen (secondary N) is 1. The highest BCUT2D eigenvalue weighted by Gasteiger charge is 2.29. The molecule has 2 aromatic carbocycles. The number of carbonyl (C=O) groups excluding carboxylic acids is 2. The second-order valence-corrected chi connectivity index (χ2v) is 11.7. The summed E-state index contributed by atoms with van der Waals surface area (Å²) in [6.07, 6.45) is 1.79. The van der Waals surface area contributed by atoms with Crippen molar-refractivity contribution in [2.45, 2.75) is 58.7 Å². The number of amides is 2. The number of halogens is 2. The van der Waals surface area contributed by atoms with E-state index in [2.05, 4.69) is 5.32 Å². The maximum Gasteiger partial charge on any atom is 0.243 e. The van der Waals surface area contributed by atoms with E-state index < -0.39 is 16.1 Å². The summed E-state index contributed by atoms with van der Waals surface area (Å²) in [6, 6.07) is 11.1. The highest BCUT2D eigenvalue weighted by Crippen LogP contribution is 2.30. The SMILES string of the molecule is CCC(C(=O)NC(C)C)N(Cc1ccc(Cl)c(Cl)c1)C(=O)CCCN(c1ccccc1OC)S(C)(=O)=O. The van der Waals surface area contributed by atoms with Gasteiger partial charge in [0.2, 0.25) is 21.8 Å². The number of methoxy groups -OCH3 is 1. The van der Waals surface area contributed by atoms with E-state index in [1.807, 2.05) is 20.8 Å². The van der Waals surface area contributed by atoms with Crippen molar-refractivity contribution in [3.63, 3.8) is 0 Å². The molecule has 0 aliphatic carbocycles. The van der Waals surface area contributed by atoms with Gasteiger partial charge in [0.05, 0.1) is 29.1 Å². The average molecular weight is 573 g/mol. The van der Waals surface area contributed by atoms with Gasteiger partial charge in [-0.1, -0.05) is 48.3 Å². The first kappa shape index (κ1) is 30.7. The Bertz CT molecular complexity index is 1190. The zero-order valence-electron chi connectivity index (χ0n) is 21.8. The first-order valence-electron chi connectivity index (χ1n) is 12.0. The van der Waals surface area contributed by atoms with Crippen molar-refractivity contribution in [3.8, 4) is 5.75 Å². The van der Waals surface area contributed by atoms with Gasteiger partial charge in [0.1, 0.15) is 11.8 Å². The van der Waals surface area contributed by atoms with Crippen LogP contribution < -0.4 is 14.4 Å². The number of sulfonamides is 1. The van der Waals surface area contributed by atoms with Gasteiger partial charge in [0.25, 0.3) is 0 Å². The quantitative estimate of drug-likeness (QED) is 0.369. The van der Waals surface area contributed by atoms with Crippen molar-refractivity contribution in [1.82, 2.24) is 10.2 Å². The Morgan fingerprint density at radius 1 is 1.08 bits per heavy atom. The third kappa shape index (κ3) is 8.79. The summed E-state index contributed by atoms with van der Waals surface area (Å²) in [5.74, 6) is -0.111. The van der Waals surface area contributed by atoms with Gasteiger partial charge in [0, 0.05) is 25.6 Å². The van der Waals surface area contributed by atoms with Gasteiger partial charge < -0.3 is 15.0 Å².